The summed E-state index contributed by atoms with van der Waals surface area (Å²) in [6.07, 6.45) is 6.14. The Bertz CT molecular complexity index is 617. The number of amides is 1. The summed E-state index contributed by atoms with van der Waals surface area (Å²) in [6, 6.07) is 2.46. The molecule has 2 heterocycles. The van der Waals surface area contributed by atoms with Crippen molar-refractivity contribution >= 4 is 27.5 Å². The van der Waals surface area contributed by atoms with Crippen LogP contribution in [0.15, 0.2) is 6.07 Å². The third kappa shape index (κ3) is 2.59. The normalized spacial score (nSPS) is 16.5. The van der Waals surface area contributed by atoms with Crippen molar-refractivity contribution in [1.29, 1.82) is 0 Å². The molecule has 5 heteroatoms. The molecule has 21 heavy (non-hydrogen) atoms. The van der Waals surface area contributed by atoms with Crippen LogP contribution in [0.25, 0.3) is 10.2 Å². The average molecular weight is 305 g/mol. The summed E-state index contributed by atoms with van der Waals surface area (Å²) >= 11 is 1.57. The van der Waals surface area contributed by atoms with E-state index in [9.17, 15) is 4.79 Å². The maximum Gasteiger partial charge on any atom is 0.264 e. The van der Waals surface area contributed by atoms with Crippen LogP contribution in [0.4, 0.5) is 0 Å². The van der Waals surface area contributed by atoms with Gasteiger partial charge in [-0.25, -0.2) is 0 Å². The van der Waals surface area contributed by atoms with Crippen molar-refractivity contribution < 1.29 is 4.79 Å². The van der Waals surface area contributed by atoms with Crippen molar-refractivity contribution in [3.8, 4) is 0 Å². The molecular weight excluding hydrogens is 282 g/mol. The third-order valence-electron chi connectivity index (χ3n) is 4.52. The lowest BCUT2D eigenvalue weighted by molar-refractivity contribution is 0.0653. The van der Waals surface area contributed by atoms with Gasteiger partial charge in [0.25, 0.3) is 5.91 Å². The fraction of sp³-hybridized carbons (Fsp3) is 0.625. The van der Waals surface area contributed by atoms with Crippen molar-refractivity contribution in [2.45, 2.75) is 52.0 Å². The summed E-state index contributed by atoms with van der Waals surface area (Å²) < 4.78 is 1.88. The van der Waals surface area contributed by atoms with Gasteiger partial charge in [-0.2, -0.15) is 5.10 Å². The van der Waals surface area contributed by atoms with E-state index in [-0.39, 0.29) is 5.91 Å². The highest BCUT2D eigenvalue weighted by atomic mass is 32.1. The largest absolute Gasteiger partial charge is 0.335 e. The number of fused-ring (bicyclic) bond motifs is 1. The zero-order valence-corrected chi connectivity index (χ0v) is 13.9. The Morgan fingerprint density at radius 2 is 2.14 bits per heavy atom. The number of aromatic nitrogens is 2. The molecule has 0 atom stereocenters. The first-order valence-electron chi connectivity index (χ1n) is 7.86. The van der Waals surface area contributed by atoms with E-state index in [2.05, 4.69) is 16.9 Å². The second-order valence-electron chi connectivity index (χ2n) is 5.92. The third-order valence-corrected chi connectivity index (χ3v) is 5.71. The smallest absolute Gasteiger partial charge is 0.264 e. The maximum absolute atomic E-state index is 12.9. The molecule has 0 radical (unpaired) electrons. The first kappa shape index (κ1) is 14.6. The molecule has 0 aliphatic heterocycles. The van der Waals surface area contributed by atoms with Crippen molar-refractivity contribution in [3.63, 3.8) is 0 Å². The zero-order chi connectivity index (χ0) is 15.0. The van der Waals surface area contributed by atoms with Crippen LogP contribution in [0.2, 0.25) is 0 Å². The van der Waals surface area contributed by atoms with Crippen molar-refractivity contribution in [2.24, 2.45) is 7.05 Å². The van der Waals surface area contributed by atoms with E-state index >= 15 is 0 Å². The number of carbonyl (C=O) groups excluding carboxylic acids is 1. The highest BCUT2D eigenvalue weighted by Gasteiger charge is 2.26. The minimum atomic E-state index is 0.199. The van der Waals surface area contributed by atoms with Crippen LogP contribution in [-0.2, 0) is 7.05 Å². The molecule has 0 bridgehead atoms. The van der Waals surface area contributed by atoms with E-state index in [4.69, 9.17) is 0 Å². The second kappa shape index (κ2) is 5.79. The highest BCUT2D eigenvalue weighted by Crippen LogP contribution is 2.30. The van der Waals surface area contributed by atoms with Gasteiger partial charge in [0.05, 0.1) is 10.6 Å². The fourth-order valence-electron chi connectivity index (χ4n) is 3.41. The van der Waals surface area contributed by atoms with Gasteiger partial charge in [-0.15, -0.1) is 11.3 Å². The molecule has 1 fully saturated rings. The van der Waals surface area contributed by atoms with E-state index in [0.29, 0.717) is 6.04 Å². The van der Waals surface area contributed by atoms with Gasteiger partial charge in [-0.3, -0.25) is 9.48 Å². The van der Waals surface area contributed by atoms with Crippen LogP contribution >= 0.6 is 11.3 Å². The number of rotatable bonds is 3. The van der Waals surface area contributed by atoms with Crippen LogP contribution in [0.5, 0.6) is 0 Å². The predicted octanol–water partition coefficient (Wildman–Crippen LogP) is 3.74. The van der Waals surface area contributed by atoms with E-state index in [1.807, 2.05) is 24.7 Å². The average Bonchev–Trinajstić information content (AvgIpc) is 3.03. The number of thiophene rings is 1. The predicted molar refractivity (Wildman–Crippen MR) is 86.9 cm³/mol. The van der Waals surface area contributed by atoms with Crippen LogP contribution in [0.1, 0.15) is 54.4 Å². The highest BCUT2D eigenvalue weighted by molar-refractivity contribution is 7.20. The summed E-state index contributed by atoms with van der Waals surface area (Å²) in [7, 11) is 1.94. The molecule has 0 N–H and O–H groups in total. The first-order chi connectivity index (χ1) is 10.1. The maximum atomic E-state index is 12.9. The van der Waals surface area contributed by atoms with Gasteiger partial charge in [0.2, 0.25) is 0 Å². The van der Waals surface area contributed by atoms with Crippen LogP contribution in [-0.4, -0.2) is 33.2 Å². The number of hydrogen-bond donors (Lipinski definition) is 0. The van der Waals surface area contributed by atoms with Crippen molar-refractivity contribution in [2.75, 3.05) is 6.54 Å². The molecule has 0 saturated heterocycles. The van der Waals surface area contributed by atoms with E-state index in [0.717, 1.165) is 40.2 Å². The van der Waals surface area contributed by atoms with E-state index in [1.165, 1.54) is 19.3 Å². The summed E-state index contributed by atoms with van der Waals surface area (Å²) in [5, 5.41) is 5.52. The molecule has 3 rings (SSSR count). The van der Waals surface area contributed by atoms with Crippen molar-refractivity contribution in [3.05, 3.63) is 16.6 Å². The Labute approximate surface area is 129 Å². The molecule has 2 aromatic heterocycles. The number of aryl methyl sites for hydroxylation is 2. The monoisotopic (exact) mass is 305 g/mol. The summed E-state index contributed by atoms with van der Waals surface area (Å²) in [4.78, 5) is 16.9. The van der Waals surface area contributed by atoms with Crippen LogP contribution in [0.3, 0.4) is 0 Å². The Kier molecular flexibility index (Phi) is 4.02. The molecule has 4 nitrogen and oxygen atoms in total. The fourth-order valence-corrected chi connectivity index (χ4v) is 4.49. The molecule has 0 unspecified atom stereocenters. The van der Waals surface area contributed by atoms with Crippen LogP contribution in [0, 0.1) is 6.92 Å². The molecule has 2 aromatic rings. The number of carbonyl (C=O) groups is 1. The van der Waals surface area contributed by atoms with Gasteiger partial charge in [-0.1, -0.05) is 19.3 Å². The molecule has 114 valence electrons. The van der Waals surface area contributed by atoms with Gasteiger partial charge in [-0.05, 0) is 32.8 Å². The Morgan fingerprint density at radius 1 is 1.43 bits per heavy atom. The Hall–Kier alpha value is -1.36. The van der Waals surface area contributed by atoms with E-state index < -0.39 is 0 Å². The lowest BCUT2D eigenvalue weighted by atomic mass is 9.94. The topological polar surface area (TPSA) is 38.1 Å². The Morgan fingerprint density at radius 3 is 2.76 bits per heavy atom. The Balaban J connectivity index is 1.88. The van der Waals surface area contributed by atoms with Gasteiger partial charge in [0.1, 0.15) is 4.83 Å². The second-order valence-corrected chi connectivity index (χ2v) is 6.95. The van der Waals surface area contributed by atoms with Crippen LogP contribution < -0.4 is 0 Å². The molecule has 0 aromatic carbocycles. The lowest BCUT2D eigenvalue weighted by Gasteiger charge is -2.33. The molecule has 1 aliphatic rings. The van der Waals surface area contributed by atoms with Gasteiger partial charge < -0.3 is 4.90 Å². The molecular formula is C16H23N3OS. The zero-order valence-electron chi connectivity index (χ0n) is 13.1. The number of hydrogen-bond acceptors (Lipinski definition) is 3. The summed E-state index contributed by atoms with van der Waals surface area (Å²) in [5.41, 5.74) is 1.00. The SMILES string of the molecule is CCN(C(=O)c1cc2c(C)nn(C)c2s1)C1CCCCC1. The molecule has 0 spiro atoms. The van der Waals surface area contributed by atoms with E-state index in [1.54, 1.807) is 11.3 Å². The molecule has 1 saturated carbocycles. The number of nitrogens with zero attached hydrogens (tertiary/aromatic N) is 3. The van der Waals surface area contributed by atoms with Gasteiger partial charge in [0, 0.05) is 25.0 Å². The first-order valence-corrected chi connectivity index (χ1v) is 8.67. The summed E-state index contributed by atoms with van der Waals surface area (Å²) in [6.45, 7) is 4.89. The van der Waals surface area contributed by atoms with Gasteiger partial charge >= 0.3 is 0 Å². The minimum absolute atomic E-state index is 0.199. The summed E-state index contributed by atoms with van der Waals surface area (Å²) in [5.74, 6) is 0.199. The lowest BCUT2D eigenvalue weighted by Crippen LogP contribution is -2.40. The quantitative estimate of drug-likeness (QED) is 0.866. The molecule has 1 amide bonds. The minimum Gasteiger partial charge on any atom is -0.335 e. The van der Waals surface area contributed by atoms with Crippen molar-refractivity contribution in [1.82, 2.24) is 14.7 Å². The standard InChI is InChI=1S/C16H23N3OS/c1-4-19(12-8-6-5-7-9-12)15(20)14-10-13-11(2)17-18(3)16(13)21-14/h10,12H,4-9H2,1-3H3. The molecule has 1 aliphatic carbocycles. The van der Waals surface area contributed by atoms with Gasteiger partial charge in [0.15, 0.2) is 0 Å².